The van der Waals surface area contributed by atoms with E-state index in [1.165, 1.54) is 7.11 Å². The standard InChI is InChI=1S/C32H61O13Si5/c1-11-37-47(10,16-6)44-49(39-13-3,27-21-25-35-32-28-36-32)45-48(38-12-2,26-20-24-31(33)29(7)8)42-46(30-22-18-17-19-23-30)43-50(34-9,40-14-4)41-15-5/h17-19,22-23,32H,7,11-16,20-21,24-28H2,1-6,8-10H3. The fraction of sp³-hybridized carbons (Fsp3) is 0.719. The van der Waals surface area contributed by atoms with Crippen molar-refractivity contribution in [2.75, 3.05) is 53.4 Å². The van der Waals surface area contributed by atoms with Gasteiger partial charge in [-0.1, -0.05) is 43.8 Å². The lowest BCUT2D eigenvalue weighted by molar-refractivity contribution is -0.115. The zero-order valence-electron chi connectivity index (χ0n) is 31.7. The molecule has 1 saturated heterocycles. The second kappa shape index (κ2) is 23.1. The van der Waals surface area contributed by atoms with Crippen LogP contribution in [-0.4, -0.2) is 110 Å². The van der Waals surface area contributed by atoms with E-state index in [0.29, 0.717) is 70.1 Å². The molecule has 4 atom stereocenters. The largest absolute Gasteiger partial charge is 0.670 e. The van der Waals surface area contributed by atoms with E-state index in [9.17, 15) is 4.79 Å². The monoisotopic (exact) mass is 793 g/mol. The van der Waals surface area contributed by atoms with Gasteiger partial charge in [0.25, 0.3) is 0 Å². The molecule has 2 rings (SSSR count). The predicted molar refractivity (Wildman–Crippen MR) is 200 cm³/mol. The number of carbonyl (C=O) groups is 1. The van der Waals surface area contributed by atoms with Crippen molar-refractivity contribution in [3.8, 4) is 0 Å². The first-order valence-electron chi connectivity index (χ1n) is 17.8. The number of Topliss-reactive ketones (excluding diaryl/α,β-unsaturated/α-hetero) is 1. The number of rotatable bonds is 31. The lowest BCUT2D eigenvalue weighted by Gasteiger charge is -2.43. The van der Waals surface area contributed by atoms with Gasteiger partial charge in [0.05, 0.1) is 0 Å². The highest BCUT2D eigenvalue weighted by Gasteiger charge is 2.59. The number of hydrogen-bond acceptors (Lipinski definition) is 13. The lowest BCUT2D eigenvalue weighted by Crippen LogP contribution is -2.66. The van der Waals surface area contributed by atoms with E-state index in [4.69, 9.17) is 52.5 Å². The van der Waals surface area contributed by atoms with Crippen LogP contribution in [0.1, 0.15) is 67.7 Å². The summed E-state index contributed by atoms with van der Waals surface area (Å²) in [5, 5.41) is 0.772. The van der Waals surface area contributed by atoms with Crippen molar-refractivity contribution in [1.29, 1.82) is 0 Å². The molecule has 1 fully saturated rings. The van der Waals surface area contributed by atoms with Crippen LogP contribution in [0.5, 0.6) is 0 Å². The minimum Gasteiger partial charge on any atom is -0.395 e. The van der Waals surface area contributed by atoms with Gasteiger partial charge < -0.3 is 52.5 Å². The molecule has 18 heteroatoms. The van der Waals surface area contributed by atoms with Crippen LogP contribution in [0.4, 0.5) is 0 Å². The summed E-state index contributed by atoms with van der Waals surface area (Å²) in [7, 11) is -15.0. The maximum absolute atomic E-state index is 12.8. The maximum Gasteiger partial charge on any atom is 0.670 e. The van der Waals surface area contributed by atoms with E-state index in [0.717, 1.165) is 5.19 Å². The Labute approximate surface area is 306 Å². The van der Waals surface area contributed by atoms with Crippen molar-refractivity contribution in [2.24, 2.45) is 0 Å². The van der Waals surface area contributed by atoms with Crippen LogP contribution >= 0.6 is 0 Å². The molecule has 4 unspecified atom stereocenters. The number of ketones is 1. The molecule has 1 heterocycles. The van der Waals surface area contributed by atoms with Gasteiger partial charge in [-0.3, -0.25) is 4.79 Å². The van der Waals surface area contributed by atoms with Gasteiger partial charge in [-0.25, -0.2) is 0 Å². The van der Waals surface area contributed by atoms with Crippen LogP contribution in [0, 0.1) is 0 Å². The summed E-state index contributed by atoms with van der Waals surface area (Å²) in [5.74, 6) is -0.0425. The van der Waals surface area contributed by atoms with Crippen molar-refractivity contribution in [2.45, 2.75) is 98.7 Å². The van der Waals surface area contributed by atoms with Crippen LogP contribution in [0.15, 0.2) is 42.5 Å². The molecule has 1 aromatic rings. The zero-order valence-corrected chi connectivity index (χ0v) is 36.7. The van der Waals surface area contributed by atoms with Crippen molar-refractivity contribution in [3.05, 3.63) is 42.5 Å². The molecule has 1 aliphatic heterocycles. The highest BCUT2D eigenvalue weighted by molar-refractivity contribution is 6.85. The molecule has 0 spiro atoms. The molecule has 1 radical (unpaired) electrons. The Hall–Kier alpha value is -0.766. The van der Waals surface area contributed by atoms with Crippen molar-refractivity contribution in [3.63, 3.8) is 0 Å². The molecule has 0 bridgehead atoms. The highest BCUT2D eigenvalue weighted by Crippen LogP contribution is 2.33. The minimum absolute atomic E-state index is 0.0425. The molecule has 0 amide bonds. The molecule has 287 valence electrons. The van der Waals surface area contributed by atoms with Gasteiger partial charge in [-0.15, -0.1) is 0 Å². The van der Waals surface area contributed by atoms with Crippen LogP contribution in [0.2, 0.25) is 24.7 Å². The normalized spacial score (nSPS) is 18.4. The van der Waals surface area contributed by atoms with Gasteiger partial charge in [0.1, 0.15) is 6.61 Å². The summed E-state index contributed by atoms with van der Waals surface area (Å²) >= 11 is 0. The molecule has 0 saturated carbocycles. The first kappa shape index (κ1) is 45.4. The quantitative estimate of drug-likeness (QED) is 0.0414. The van der Waals surface area contributed by atoms with Crippen molar-refractivity contribution in [1.82, 2.24) is 0 Å². The summed E-state index contributed by atoms with van der Waals surface area (Å²) in [4.78, 5) is 12.8. The smallest absolute Gasteiger partial charge is 0.395 e. The molecule has 0 aromatic heterocycles. The van der Waals surface area contributed by atoms with Gasteiger partial charge in [0, 0.05) is 65.3 Å². The topological polar surface area (TPSA) is 131 Å². The van der Waals surface area contributed by atoms with E-state index in [1.807, 2.05) is 78.4 Å². The molecule has 50 heavy (non-hydrogen) atoms. The number of ether oxygens (including phenoxy) is 2. The SMILES string of the molecule is C=C(C)C(=O)CCC[Si](OCC)(O[Si](O[Si](OC)(OCC)OCC)c1ccccc1)O[Si](CCCOC1CO1)(OCC)O[Si](C)(CC)OCC. The first-order valence-corrected chi connectivity index (χ1v) is 27.1. The van der Waals surface area contributed by atoms with Crippen molar-refractivity contribution < 1.29 is 57.3 Å². The average molecular weight is 794 g/mol. The molecule has 1 aromatic carbocycles. The third-order valence-electron chi connectivity index (χ3n) is 7.47. The first-order chi connectivity index (χ1) is 23.9. The Morgan fingerprint density at radius 3 is 1.94 bits per heavy atom. The summed E-state index contributed by atoms with van der Waals surface area (Å²) < 4.78 is 76.8. The Morgan fingerprint density at radius 2 is 1.42 bits per heavy atom. The summed E-state index contributed by atoms with van der Waals surface area (Å²) in [6.45, 7) is 21.8. The van der Waals surface area contributed by atoms with E-state index in [-0.39, 0.29) is 31.1 Å². The Morgan fingerprint density at radius 1 is 0.840 bits per heavy atom. The molecular formula is C32H61O13Si5. The van der Waals surface area contributed by atoms with Crippen LogP contribution in [-0.2, 0) is 57.3 Å². The number of epoxide rings is 1. The van der Waals surface area contributed by atoms with E-state index in [1.54, 1.807) is 6.92 Å². The molecule has 13 nitrogen and oxygen atoms in total. The van der Waals surface area contributed by atoms with Gasteiger partial charge in [0.15, 0.2) is 12.1 Å². The summed E-state index contributed by atoms with van der Waals surface area (Å²) in [6, 6.07) is 11.0. The van der Waals surface area contributed by atoms with Gasteiger partial charge in [-0.2, -0.15) is 0 Å². The predicted octanol–water partition coefficient (Wildman–Crippen LogP) is 5.37. The summed E-state index contributed by atoms with van der Waals surface area (Å²) in [6.07, 6.45) is 1.06. The summed E-state index contributed by atoms with van der Waals surface area (Å²) in [5.41, 5.74) is 0.486. The lowest BCUT2D eigenvalue weighted by atomic mass is 10.1. The van der Waals surface area contributed by atoms with E-state index >= 15 is 0 Å². The maximum atomic E-state index is 12.8. The number of benzene rings is 1. The fourth-order valence-electron chi connectivity index (χ4n) is 4.92. The second-order valence-electron chi connectivity index (χ2n) is 11.6. The Bertz CT molecular complexity index is 1120. The van der Waals surface area contributed by atoms with Crippen LogP contribution in [0.25, 0.3) is 0 Å². The van der Waals surface area contributed by atoms with Gasteiger partial charge >= 0.3 is 44.5 Å². The number of allylic oxidation sites excluding steroid dienone is 1. The fourth-order valence-corrected chi connectivity index (χ4v) is 22.9. The van der Waals surface area contributed by atoms with Crippen LogP contribution in [0.3, 0.4) is 0 Å². The number of hydrogen-bond donors (Lipinski definition) is 0. The molecular weight excluding hydrogens is 733 g/mol. The molecule has 0 aliphatic carbocycles. The van der Waals surface area contributed by atoms with E-state index < -0.39 is 44.5 Å². The van der Waals surface area contributed by atoms with Crippen LogP contribution < -0.4 is 5.19 Å². The highest BCUT2D eigenvalue weighted by atomic mass is 28.5. The third-order valence-corrected chi connectivity index (χ3v) is 24.8. The minimum atomic E-state index is -3.87. The Kier molecular flexibility index (Phi) is 21.0. The van der Waals surface area contributed by atoms with Gasteiger partial charge in [0.2, 0.25) is 0 Å². The zero-order chi connectivity index (χ0) is 37.1. The Balaban J connectivity index is 2.73. The molecule has 1 aliphatic rings. The third kappa shape index (κ3) is 15.3. The van der Waals surface area contributed by atoms with E-state index in [2.05, 4.69) is 6.58 Å². The van der Waals surface area contributed by atoms with Gasteiger partial charge in [-0.05, 0) is 77.7 Å². The average Bonchev–Trinajstić information content (AvgIpc) is 3.92. The number of carbonyl (C=O) groups excluding carboxylic acids is 1. The second-order valence-corrected chi connectivity index (χ2v) is 25.6. The molecule has 0 N–H and O–H groups in total. The van der Waals surface area contributed by atoms with Crippen molar-refractivity contribution >= 4 is 55.5 Å².